The number of ether oxygens (including phenoxy) is 2. The third-order valence-electron chi connectivity index (χ3n) is 3.63. The second-order valence-electron chi connectivity index (χ2n) is 5.14. The summed E-state index contributed by atoms with van der Waals surface area (Å²) in [5, 5.41) is 10.5. The standard InChI is InChI=1S/C19H18O4/c1-4-5-12-8-13-10-17(23-19(13)18(9-12)22-3)15-7-6-14(20)11-16(15)21-2/h4-11,20H,1-3H3/b5-4+. The van der Waals surface area contributed by atoms with Crippen molar-refractivity contribution in [2.45, 2.75) is 6.92 Å². The topological polar surface area (TPSA) is 51.8 Å². The second kappa shape index (κ2) is 6.08. The molecule has 1 N–H and O–H groups in total. The Morgan fingerprint density at radius 3 is 2.48 bits per heavy atom. The van der Waals surface area contributed by atoms with E-state index >= 15 is 0 Å². The molecular formula is C19H18O4. The van der Waals surface area contributed by atoms with Gasteiger partial charge in [0.15, 0.2) is 11.3 Å². The summed E-state index contributed by atoms with van der Waals surface area (Å²) >= 11 is 0. The van der Waals surface area contributed by atoms with Crippen molar-refractivity contribution in [1.82, 2.24) is 0 Å². The fraction of sp³-hybridized carbons (Fsp3) is 0.158. The molecule has 0 spiro atoms. The minimum atomic E-state index is 0.148. The van der Waals surface area contributed by atoms with Gasteiger partial charge in [0, 0.05) is 11.5 Å². The van der Waals surface area contributed by atoms with Crippen molar-refractivity contribution in [3.8, 4) is 28.6 Å². The average Bonchev–Trinajstić information content (AvgIpc) is 2.97. The Labute approximate surface area is 134 Å². The molecule has 1 heterocycles. The molecule has 0 unspecified atom stereocenters. The summed E-state index contributed by atoms with van der Waals surface area (Å²) in [7, 11) is 3.18. The van der Waals surface area contributed by atoms with Gasteiger partial charge >= 0.3 is 0 Å². The number of benzene rings is 2. The van der Waals surface area contributed by atoms with Crippen LogP contribution in [0, 0.1) is 0 Å². The molecule has 0 aliphatic carbocycles. The zero-order valence-electron chi connectivity index (χ0n) is 13.3. The van der Waals surface area contributed by atoms with Crippen LogP contribution in [0.25, 0.3) is 28.4 Å². The van der Waals surface area contributed by atoms with Gasteiger partial charge in [-0.1, -0.05) is 12.2 Å². The smallest absolute Gasteiger partial charge is 0.176 e. The molecule has 0 aliphatic heterocycles. The lowest BCUT2D eigenvalue weighted by Crippen LogP contribution is -1.86. The Morgan fingerprint density at radius 2 is 1.78 bits per heavy atom. The predicted molar refractivity (Wildman–Crippen MR) is 91.1 cm³/mol. The van der Waals surface area contributed by atoms with Gasteiger partial charge in [-0.25, -0.2) is 0 Å². The molecule has 0 saturated carbocycles. The molecule has 0 fully saturated rings. The monoisotopic (exact) mass is 310 g/mol. The van der Waals surface area contributed by atoms with E-state index in [-0.39, 0.29) is 5.75 Å². The maximum absolute atomic E-state index is 9.59. The van der Waals surface area contributed by atoms with Crippen LogP contribution in [-0.2, 0) is 0 Å². The van der Waals surface area contributed by atoms with Gasteiger partial charge < -0.3 is 19.0 Å². The first-order chi connectivity index (χ1) is 11.2. The first-order valence-corrected chi connectivity index (χ1v) is 7.28. The van der Waals surface area contributed by atoms with E-state index in [9.17, 15) is 5.11 Å². The van der Waals surface area contributed by atoms with Gasteiger partial charge in [-0.05, 0) is 42.8 Å². The second-order valence-corrected chi connectivity index (χ2v) is 5.14. The van der Waals surface area contributed by atoms with Crippen molar-refractivity contribution >= 4 is 17.0 Å². The zero-order valence-corrected chi connectivity index (χ0v) is 13.3. The first-order valence-electron chi connectivity index (χ1n) is 7.28. The summed E-state index contributed by atoms with van der Waals surface area (Å²) in [6.07, 6.45) is 3.99. The van der Waals surface area contributed by atoms with Crippen LogP contribution in [0.3, 0.4) is 0 Å². The van der Waals surface area contributed by atoms with Gasteiger partial charge in [0.2, 0.25) is 0 Å². The Hall–Kier alpha value is -2.88. The van der Waals surface area contributed by atoms with E-state index in [1.54, 1.807) is 32.4 Å². The Kier molecular flexibility index (Phi) is 3.98. The third kappa shape index (κ3) is 2.75. The van der Waals surface area contributed by atoms with Gasteiger partial charge in [-0.2, -0.15) is 0 Å². The quantitative estimate of drug-likeness (QED) is 0.748. The van der Waals surface area contributed by atoms with Crippen LogP contribution in [-0.4, -0.2) is 19.3 Å². The average molecular weight is 310 g/mol. The number of hydrogen-bond acceptors (Lipinski definition) is 4. The van der Waals surface area contributed by atoms with Crippen LogP contribution in [0.4, 0.5) is 0 Å². The van der Waals surface area contributed by atoms with E-state index in [1.807, 2.05) is 37.3 Å². The van der Waals surface area contributed by atoms with E-state index < -0.39 is 0 Å². The first kappa shape index (κ1) is 15.0. The van der Waals surface area contributed by atoms with Crippen molar-refractivity contribution < 1.29 is 19.0 Å². The predicted octanol–water partition coefficient (Wildman–Crippen LogP) is 4.86. The summed E-state index contributed by atoms with van der Waals surface area (Å²) in [5.74, 6) is 2.04. The minimum Gasteiger partial charge on any atom is -0.508 e. The Balaban J connectivity index is 2.20. The van der Waals surface area contributed by atoms with Crippen LogP contribution < -0.4 is 9.47 Å². The molecule has 118 valence electrons. The SMILES string of the molecule is C/C=C/c1cc(OC)c2oc(-c3ccc(O)cc3OC)cc2c1. The van der Waals surface area contributed by atoms with E-state index in [4.69, 9.17) is 13.9 Å². The highest BCUT2D eigenvalue weighted by Crippen LogP contribution is 2.39. The van der Waals surface area contributed by atoms with Gasteiger partial charge in [0.05, 0.1) is 19.8 Å². The maximum Gasteiger partial charge on any atom is 0.176 e. The van der Waals surface area contributed by atoms with Gasteiger partial charge in [-0.15, -0.1) is 0 Å². The molecule has 4 heteroatoms. The number of rotatable bonds is 4. The van der Waals surface area contributed by atoms with Gasteiger partial charge in [0.25, 0.3) is 0 Å². The van der Waals surface area contributed by atoms with Crippen LogP contribution in [0.2, 0.25) is 0 Å². The Morgan fingerprint density at radius 1 is 1.00 bits per heavy atom. The molecule has 3 aromatic rings. The van der Waals surface area contributed by atoms with Crippen molar-refractivity contribution in [3.05, 3.63) is 48.0 Å². The lowest BCUT2D eigenvalue weighted by molar-refractivity contribution is 0.405. The van der Waals surface area contributed by atoms with E-state index in [0.29, 0.717) is 22.8 Å². The number of aromatic hydroxyl groups is 1. The maximum atomic E-state index is 9.59. The summed E-state index contributed by atoms with van der Waals surface area (Å²) < 4.78 is 16.8. The molecule has 2 aromatic carbocycles. The number of allylic oxidation sites excluding steroid dienone is 1. The zero-order chi connectivity index (χ0) is 16.4. The molecular weight excluding hydrogens is 292 g/mol. The minimum absolute atomic E-state index is 0.148. The van der Waals surface area contributed by atoms with Crippen molar-refractivity contribution in [2.75, 3.05) is 14.2 Å². The fourth-order valence-corrected chi connectivity index (χ4v) is 2.60. The number of fused-ring (bicyclic) bond motifs is 1. The molecule has 23 heavy (non-hydrogen) atoms. The van der Waals surface area contributed by atoms with Gasteiger partial charge in [-0.3, -0.25) is 0 Å². The Bertz CT molecular complexity index is 874. The highest BCUT2D eigenvalue weighted by Gasteiger charge is 2.15. The number of hydrogen-bond donors (Lipinski definition) is 1. The van der Waals surface area contributed by atoms with E-state index in [0.717, 1.165) is 16.5 Å². The van der Waals surface area contributed by atoms with Crippen molar-refractivity contribution in [1.29, 1.82) is 0 Å². The molecule has 1 aromatic heterocycles. The molecule has 0 atom stereocenters. The van der Waals surface area contributed by atoms with Crippen LogP contribution in [0.5, 0.6) is 17.2 Å². The molecule has 0 saturated heterocycles. The van der Waals surface area contributed by atoms with Gasteiger partial charge in [0.1, 0.15) is 17.3 Å². The molecule has 3 rings (SSSR count). The summed E-state index contributed by atoms with van der Waals surface area (Å²) in [5.41, 5.74) is 2.50. The largest absolute Gasteiger partial charge is 0.508 e. The summed E-state index contributed by atoms with van der Waals surface area (Å²) in [6.45, 7) is 1.97. The van der Waals surface area contributed by atoms with Crippen molar-refractivity contribution in [3.63, 3.8) is 0 Å². The van der Waals surface area contributed by atoms with Crippen LogP contribution >= 0.6 is 0 Å². The fourth-order valence-electron chi connectivity index (χ4n) is 2.60. The van der Waals surface area contributed by atoms with E-state index in [2.05, 4.69) is 0 Å². The lowest BCUT2D eigenvalue weighted by Gasteiger charge is -2.06. The third-order valence-corrected chi connectivity index (χ3v) is 3.63. The highest BCUT2D eigenvalue weighted by atomic mass is 16.5. The van der Waals surface area contributed by atoms with E-state index in [1.165, 1.54) is 0 Å². The molecule has 0 aliphatic rings. The van der Waals surface area contributed by atoms with Crippen molar-refractivity contribution in [2.24, 2.45) is 0 Å². The number of methoxy groups -OCH3 is 2. The summed E-state index contributed by atoms with van der Waals surface area (Å²) in [4.78, 5) is 0. The normalized spacial score (nSPS) is 11.3. The number of phenolic OH excluding ortho intramolecular Hbond substituents is 1. The lowest BCUT2D eigenvalue weighted by atomic mass is 10.1. The molecule has 0 bridgehead atoms. The summed E-state index contributed by atoms with van der Waals surface area (Å²) in [6, 6.07) is 10.9. The molecule has 0 amide bonds. The number of furan rings is 1. The van der Waals surface area contributed by atoms with Crippen LogP contribution in [0.15, 0.2) is 46.9 Å². The molecule has 0 radical (unpaired) electrons. The highest BCUT2D eigenvalue weighted by molar-refractivity contribution is 5.90. The molecule has 4 nitrogen and oxygen atoms in total. The number of phenols is 1. The van der Waals surface area contributed by atoms with Crippen LogP contribution in [0.1, 0.15) is 12.5 Å².